The van der Waals surface area contributed by atoms with Gasteiger partial charge in [-0.25, -0.2) is 15.0 Å². The maximum atomic E-state index is 14.3. The zero-order valence-electron chi connectivity index (χ0n) is 13.8. The maximum Gasteiger partial charge on any atom is 0.316 e. The van der Waals surface area contributed by atoms with Crippen LogP contribution >= 0.6 is 31.9 Å². The third kappa shape index (κ3) is 5.70. The summed E-state index contributed by atoms with van der Waals surface area (Å²) in [6, 6.07) is 7.24. The van der Waals surface area contributed by atoms with Crippen molar-refractivity contribution < 1.29 is 13.9 Å². The second-order valence-electron chi connectivity index (χ2n) is 4.74. The van der Waals surface area contributed by atoms with Crippen LogP contribution in [0.4, 0.5) is 4.39 Å². The number of hydrogen-bond donors (Lipinski definition) is 0. The molecule has 26 heavy (non-hydrogen) atoms. The van der Waals surface area contributed by atoms with E-state index in [1.54, 1.807) is 36.7 Å². The van der Waals surface area contributed by atoms with E-state index in [1.165, 1.54) is 7.05 Å². The monoisotopic (exact) mass is 484 g/mol. The van der Waals surface area contributed by atoms with Gasteiger partial charge in [-0.05, 0) is 40.3 Å². The first kappa shape index (κ1) is 20.2. The van der Waals surface area contributed by atoms with Crippen molar-refractivity contribution in [2.75, 3.05) is 20.3 Å². The standard InChI is InChI=1S/C17H15Br2FN4O2/c1-21-15(20)14(11-3-5-12(18)6-4-11)16(22-2)25-7-8-26-17-23-9-13(19)10-24-17/h3-6,9-10H,1,7-8H2,2H3/b15-14-,22-16?. The number of aromatic nitrogens is 2. The molecule has 0 N–H and O–H groups in total. The van der Waals surface area contributed by atoms with E-state index in [-0.39, 0.29) is 30.7 Å². The van der Waals surface area contributed by atoms with Crippen LogP contribution in [0.2, 0.25) is 0 Å². The zero-order valence-corrected chi connectivity index (χ0v) is 17.0. The number of rotatable bonds is 7. The average Bonchev–Trinajstić information content (AvgIpc) is 2.66. The fourth-order valence-electron chi connectivity index (χ4n) is 1.92. The Labute approximate surface area is 167 Å². The molecular formula is C17H15Br2FN4O2. The van der Waals surface area contributed by atoms with E-state index < -0.39 is 5.95 Å². The predicted molar refractivity (Wildman–Crippen MR) is 106 cm³/mol. The molecule has 0 amide bonds. The Morgan fingerprint density at radius 1 is 1.12 bits per heavy atom. The number of aliphatic imine (C=N–C) groups is 2. The molecule has 2 rings (SSSR count). The van der Waals surface area contributed by atoms with Crippen LogP contribution in [0.25, 0.3) is 5.57 Å². The van der Waals surface area contributed by atoms with E-state index in [0.29, 0.717) is 5.56 Å². The van der Waals surface area contributed by atoms with Gasteiger partial charge < -0.3 is 9.47 Å². The molecule has 136 valence electrons. The van der Waals surface area contributed by atoms with Crippen LogP contribution in [0.3, 0.4) is 0 Å². The van der Waals surface area contributed by atoms with Crippen molar-refractivity contribution in [2.45, 2.75) is 0 Å². The van der Waals surface area contributed by atoms with Crippen LogP contribution in [0.1, 0.15) is 5.56 Å². The summed E-state index contributed by atoms with van der Waals surface area (Å²) in [6.07, 6.45) is 3.14. The molecule has 0 saturated heterocycles. The van der Waals surface area contributed by atoms with Gasteiger partial charge in [-0.1, -0.05) is 28.1 Å². The van der Waals surface area contributed by atoms with Gasteiger partial charge >= 0.3 is 6.01 Å². The third-order valence-corrected chi connectivity index (χ3v) is 3.98. The van der Waals surface area contributed by atoms with Crippen LogP contribution < -0.4 is 4.74 Å². The summed E-state index contributed by atoms with van der Waals surface area (Å²) in [6.45, 7) is 3.52. The smallest absolute Gasteiger partial charge is 0.316 e. The Kier molecular flexibility index (Phi) is 7.86. The summed E-state index contributed by atoms with van der Waals surface area (Å²) in [5.41, 5.74) is 0.686. The minimum Gasteiger partial charge on any atom is -0.474 e. The van der Waals surface area contributed by atoms with Gasteiger partial charge in [0.05, 0.1) is 10.0 Å². The molecule has 0 fully saturated rings. The molecule has 9 heteroatoms. The molecule has 0 aliphatic heterocycles. The molecule has 1 aromatic carbocycles. The molecule has 0 aliphatic carbocycles. The molecule has 0 unspecified atom stereocenters. The molecular weight excluding hydrogens is 471 g/mol. The van der Waals surface area contributed by atoms with Gasteiger partial charge in [0.1, 0.15) is 13.2 Å². The number of nitrogens with zero attached hydrogens (tertiary/aromatic N) is 4. The molecule has 0 saturated carbocycles. The summed E-state index contributed by atoms with van der Waals surface area (Å²) in [4.78, 5) is 15.4. The topological polar surface area (TPSA) is 69.0 Å². The van der Waals surface area contributed by atoms with Crippen molar-refractivity contribution >= 4 is 50.0 Å². The van der Waals surface area contributed by atoms with Crippen molar-refractivity contribution in [3.63, 3.8) is 0 Å². The predicted octanol–water partition coefficient (Wildman–Crippen LogP) is 4.46. The fraction of sp³-hybridized carbons (Fsp3) is 0.176. The van der Waals surface area contributed by atoms with Crippen molar-refractivity contribution in [3.05, 3.63) is 57.1 Å². The molecule has 1 heterocycles. The van der Waals surface area contributed by atoms with E-state index in [0.717, 1.165) is 8.95 Å². The summed E-state index contributed by atoms with van der Waals surface area (Å²) < 4.78 is 26.8. The van der Waals surface area contributed by atoms with Crippen molar-refractivity contribution in [3.8, 4) is 6.01 Å². The molecule has 6 nitrogen and oxygen atoms in total. The Balaban J connectivity index is 2.05. The van der Waals surface area contributed by atoms with E-state index in [1.807, 2.05) is 0 Å². The average molecular weight is 486 g/mol. The van der Waals surface area contributed by atoms with Crippen LogP contribution in [-0.4, -0.2) is 42.8 Å². The lowest BCUT2D eigenvalue weighted by Crippen LogP contribution is -2.15. The first-order valence-electron chi connectivity index (χ1n) is 7.38. The minimum absolute atomic E-state index is 0.0950. The molecule has 0 atom stereocenters. The van der Waals surface area contributed by atoms with Crippen LogP contribution in [-0.2, 0) is 4.74 Å². The van der Waals surface area contributed by atoms with Crippen molar-refractivity contribution in [1.82, 2.24) is 9.97 Å². The van der Waals surface area contributed by atoms with Crippen LogP contribution in [0.5, 0.6) is 6.01 Å². The molecule has 0 bridgehead atoms. The van der Waals surface area contributed by atoms with Crippen molar-refractivity contribution in [2.24, 2.45) is 9.98 Å². The van der Waals surface area contributed by atoms with Gasteiger partial charge in [-0.15, -0.1) is 0 Å². The highest BCUT2D eigenvalue weighted by atomic mass is 79.9. The van der Waals surface area contributed by atoms with Crippen LogP contribution in [0.15, 0.2) is 61.5 Å². The zero-order chi connectivity index (χ0) is 18.9. The van der Waals surface area contributed by atoms with Crippen LogP contribution in [0, 0.1) is 0 Å². The first-order valence-corrected chi connectivity index (χ1v) is 8.96. The molecule has 0 aliphatic rings. The van der Waals surface area contributed by atoms with Gasteiger partial charge in [0.2, 0.25) is 11.8 Å². The van der Waals surface area contributed by atoms with E-state index in [4.69, 9.17) is 9.47 Å². The van der Waals surface area contributed by atoms with Gasteiger partial charge in [0, 0.05) is 23.9 Å². The Hall–Kier alpha value is -2.13. The Morgan fingerprint density at radius 2 is 1.77 bits per heavy atom. The molecule has 0 radical (unpaired) electrons. The van der Waals surface area contributed by atoms with Gasteiger partial charge in [0.15, 0.2) is 0 Å². The highest BCUT2D eigenvalue weighted by Gasteiger charge is 2.17. The maximum absolute atomic E-state index is 14.3. The lowest BCUT2D eigenvalue weighted by molar-refractivity contribution is 0.200. The molecule has 0 spiro atoms. The van der Waals surface area contributed by atoms with Crippen molar-refractivity contribution in [1.29, 1.82) is 0 Å². The number of hydrogen-bond acceptors (Lipinski definition) is 6. The summed E-state index contributed by atoms with van der Waals surface area (Å²) in [5, 5.41) is 0. The molecule has 2 aromatic rings. The second-order valence-corrected chi connectivity index (χ2v) is 6.57. The SMILES string of the molecule is C=N/C(F)=C(\C(=NC)OCCOc1ncc(Br)cn1)c1ccc(Br)cc1. The number of ether oxygens (including phenoxy) is 2. The van der Waals surface area contributed by atoms with Gasteiger partial charge in [0.25, 0.3) is 0 Å². The third-order valence-electron chi connectivity index (χ3n) is 3.04. The van der Waals surface area contributed by atoms with E-state index in [2.05, 4.69) is 58.5 Å². The van der Waals surface area contributed by atoms with E-state index in [9.17, 15) is 4.39 Å². The summed E-state index contributed by atoms with van der Waals surface area (Å²) >= 11 is 6.58. The highest BCUT2D eigenvalue weighted by molar-refractivity contribution is 9.10. The largest absolute Gasteiger partial charge is 0.474 e. The van der Waals surface area contributed by atoms with Gasteiger partial charge in [-0.3, -0.25) is 4.99 Å². The number of benzene rings is 1. The Morgan fingerprint density at radius 3 is 2.35 bits per heavy atom. The lowest BCUT2D eigenvalue weighted by atomic mass is 10.1. The number of halogens is 3. The normalized spacial score (nSPS) is 12.4. The fourth-order valence-corrected chi connectivity index (χ4v) is 2.39. The first-order chi connectivity index (χ1) is 12.5. The van der Waals surface area contributed by atoms with Gasteiger partial charge in [-0.2, -0.15) is 4.39 Å². The Bertz CT molecular complexity index is 809. The van der Waals surface area contributed by atoms with E-state index >= 15 is 0 Å². The highest BCUT2D eigenvalue weighted by Crippen LogP contribution is 2.24. The molecule has 1 aromatic heterocycles. The quantitative estimate of drug-likeness (QED) is 0.251. The summed E-state index contributed by atoms with van der Waals surface area (Å²) in [7, 11) is 1.50. The summed E-state index contributed by atoms with van der Waals surface area (Å²) in [5.74, 6) is -0.678. The second kappa shape index (κ2) is 10.1. The lowest BCUT2D eigenvalue weighted by Gasteiger charge is -2.13. The minimum atomic E-state index is -0.773.